The number of rotatable bonds is 6. The Labute approximate surface area is 152 Å². The van der Waals surface area contributed by atoms with Crippen LogP contribution >= 0.6 is 22.9 Å². The molecule has 0 spiro atoms. The molecule has 1 aromatic carbocycles. The lowest BCUT2D eigenvalue weighted by atomic mass is 9.94. The fraction of sp³-hybridized carbons (Fsp3) is 0.125. The molecule has 25 heavy (non-hydrogen) atoms. The first-order valence-corrected chi connectivity index (χ1v) is 9.87. The number of hydrogen-bond donors (Lipinski definition) is 2. The van der Waals surface area contributed by atoms with E-state index in [0.29, 0.717) is 5.56 Å². The van der Waals surface area contributed by atoms with Crippen LogP contribution in [0.2, 0.25) is 5.02 Å². The molecule has 0 aliphatic heterocycles. The van der Waals surface area contributed by atoms with Gasteiger partial charge in [-0.25, -0.2) is 17.5 Å². The maximum Gasteiger partial charge on any atom is 0.240 e. The molecule has 0 bridgehead atoms. The van der Waals surface area contributed by atoms with Crippen LogP contribution in [-0.2, 0) is 15.6 Å². The molecule has 2 N–H and O–H groups in total. The Balaban J connectivity index is 1.90. The van der Waals surface area contributed by atoms with E-state index >= 15 is 0 Å². The fourth-order valence-electron chi connectivity index (χ4n) is 2.27. The minimum atomic E-state index is -4.01. The zero-order valence-electron chi connectivity index (χ0n) is 12.6. The second-order valence-electron chi connectivity index (χ2n) is 5.25. The Morgan fingerprint density at radius 2 is 2.12 bits per heavy atom. The molecule has 1 atom stereocenters. The molecule has 5 nitrogen and oxygen atoms in total. The van der Waals surface area contributed by atoms with Crippen LogP contribution in [0.4, 0.5) is 4.39 Å². The van der Waals surface area contributed by atoms with Crippen LogP contribution in [0.5, 0.6) is 0 Å². The summed E-state index contributed by atoms with van der Waals surface area (Å²) in [5.74, 6) is -0.517. The van der Waals surface area contributed by atoms with Crippen molar-refractivity contribution in [3.8, 4) is 0 Å². The van der Waals surface area contributed by atoms with Gasteiger partial charge in [0.05, 0.1) is 22.7 Å². The highest BCUT2D eigenvalue weighted by Gasteiger charge is 2.36. The number of thiophene rings is 1. The molecule has 0 aliphatic rings. The van der Waals surface area contributed by atoms with E-state index in [-0.39, 0.29) is 22.2 Å². The van der Waals surface area contributed by atoms with Crippen LogP contribution in [0.15, 0.2) is 62.7 Å². The SMILES string of the molecule is O=S(=O)(NC[C@@](O)(c1ccsc1)c1ccco1)c1ccc(F)c(Cl)c1. The van der Waals surface area contributed by atoms with Crippen LogP contribution in [0.25, 0.3) is 0 Å². The van der Waals surface area contributed by atoms with Crippen molar-refractivity contribution in [3.05, 3.63) is 75.6 Å². The van der Waals surface area contributed by atoms with E-state index in [1.165, 1.54) is 17.6 Å². The maximum absolute atomic E-state index is 13.2. The van der Waals surface area contributed by atoms with Gasteiger partial charge in [0.2, 0.25) is 10.0 Å². The van der Waals surface area contributed by atoms with Crippen LogP contribution in [0, 0.1) is 5.82 Å². The van der Waals surface area contributed by atoms with Gasteiger partial charge >= 0.3 is 0 Å². The molecule has 2 heterocycles. The lowest BCUT2D eigenvalue weighted by Crippen LogP contribution is -2.41. The largest absolute Gasteiger partial charge is 0.466 e. The molecule has 0 amide bonds. The third-order valence-corrected chi connectivity index (χ3v) is 6.02. The summed E-state index contributed by atoms with van der Waals surface area (Å²) in [6.07, 6.45) is 1.39. The van der Waals surface area contributed by atoms with Gasteiger partial charge < -0.3 is 9.52 Å². The molecule has 0 radical (unpaired) electrons. The first-order chi connectivity index (χ1) is 11.8. The molecule has 0 aliphatic carbocycles. The first kappa shape index (κ1) is 18.1. The Morgan fingerprint density at radius 3 is 2.72 bits per heavy atom. The quantitative estimate of drug-likeness (QED) is 0.663. The fourth-order valence-corrected chi connectivity index (χ4v) is 4.33. The summed E-state index contributed by atoms with van der Waals surface area (Å²) in [5.41, 5.74) is -1.19. The summed E-state index contributed by atoms with van der Waals surface area (Å²) in [4.78, 5) is -0.203. The standard InChI is InChI=1S/C16H13ClFNO4S2/c17-13-8-12(3-4-14(13)18)25(21,22)19-10-16(20,11-5-7-24-9-11)15-2-1-6-23-15/h1-9,19-20H,10H2/t16-/m1/s1. The minimum absolute atomic E-state index is 0.200. The monoisotopic (exact) mass is 401 g/mol. The van der Waals surface area contributed by atoms with Gasteiger partial charge in [-0.2, -0.15) is 11.3 Å². The molecule has 0 saturated carbocycles. The first-order valence-electron chi connectivity index (χ1n) is 7.07. The van der Waals surface area contributed by atoms with Gasteiger partial charge in [-0.05, 0) is 47.2 Å². The van der Waals surface area contributed by atoms with Crippen molar-refractivity contribution < 1.29 is 22.3 Å². The lowest BCUT2D eigenvalue weighted by Gasteiger charge is -2.25. The molecule has 3 rings (SSSR count). The van der Waals surface area contributed by atoms with Crippen molar-refractivity contribution >= 4 is 33.0 Å². The van der Waals surface area contributed by atoms with E-state index < -0.39 is 21.4 Å². The number of aliphatic hydroxyl groups is 1. The van der Waals surface area contributed by atoms with Gasteiger partial charge in [-0.1, -0.05) is 11.6 Å². The van der Waals surface area contributed by atoms with Crippen molar-refractivity contribution in [2.75, 3.05) is 6.54 Å². The summed E-state index contributed by atoms with van der Waals surface area (Å²) in [5, 5.41) is 14.2. The molecular formula is C16H13ClFNO4S2. The molecule has 0 fully saturated rings. The van der Waals surface area contributed by atoms with Gasteiger partial charge in [-0.3, -0.25) is 0 Å². The third kappa shape index (κ3) is 3.63. The number of sulfonamides is 1. The van der Waals surface area contributed by atoms with E-state index in [2.05, 4.69) is 4.72 Å². The molecule has 0 saturated heterocycles. The average molecular weight is 402 g/mol. The number of hydrogen-bond acceptors (Lipinski definition) is 5. The molecule has 0 unspecified atom stereocenters. The second kappa shape index (κ2) is 6.89. The highest BCUT2D eigenvalue weighted by atomic mass is 35.5. The summed E-state index contributed by atoms with van der Waals surface area (Å²) in [6.45, 7) is -0.366. The second-order valence-corrected chi connectivity index (χ2v) is 8.20. The van der Waals surface area contributed by atoms with Crippen LogP contribution in [0.1, 0.15) is 11.3 Å². The van der Waals surface area contributed by atoms with Gasteiger partial charge in [0.1, 0.15) is 11.6 Å². The highest BCUT2D eigenvalue weighted by Crippen LogP contribution is 2.31. The van der Waals surface area contributed by atoms with Crippen molar-refractivity contribution in [2.45, 2.75) is 10.5 Å². The van der Waals surface area contributed by atoms with Crippen molar-refractivity contribution in [2.24, 2.45) is 0 Å². The molecule has 3 aromatic rings. The van der Waals surface area contributed by atoms with Crippen LogP contribution in [0.3, 0.4) is 0 Å². The smallest absolute Gasteiger partial charge is 0.240 e. The zero-order valence-corrected chi connectivity index (χ0v) is 15.0. The zero-order chi connectivity index (χ0) is 18.1. The van der Waals surface area contributed by atoms with Crippen molar-refractivity contribution in [1.82, 2.24) is 4.72 Å². The predicted molar refractivity (Wildman–Crippen MR) is 92.6 cm³/mol. The molecule has 2 aromatic heterocycles. The van der Waals surface area contributed by atoms with Crippen molar-refractivity contribution in [3.63, 3.8) is 0 Å². The Hall–Kier alpha value is -1.71. The summed E-state index contributed by atoms with van der Waals surface area (Å²) in [7, 11) is -4.01. The Bertz CT molecular complexity index is 922. The average Bonchev–Trinajstić information content (AvgIpc) is 3.29. The van der Waals surface area contributed by atoms with Crippen LogP contribution in [-0.4, -0.2) is 20.1 Å². The Kier molecular flexibility index (Phi) is 4.99. The number of furan rings is 1. The highest BCUT2D eigenvalue weighted by molar-refractivity contribution is 7.89. The summed E-state index contributed by atoms with van der Waals surface area (Å²) < 4.78 is 45.7. The number of benzene rings is 1. The Morgan fingerprint density at radius 1 is 1.32 bits per heavy atom. The van der Waals surface area contributed by atoms with E-state index in [4.69, 9.17) is 16.0 Å². The third-order valence-electron chi connectivity index (χ3n) is 3.65. The summed E-state index contributed by atoms with van der Waals surface area (Å²) >= 11 is 7.00. The molecular weight excluding hydrogens is 389 g/mol. The van der Waals surface area contributed by atoms with Gasteiger partial charge in [-0.15, -0.1) is 0 Å². The minimum Gasteiger partial charge on any atom is -0.466 e. The lowest BCUT2D eigenvalue weighted by molar-refractivity contribution is 0.0623. The summed E-state index contributed by atoms with van der Waals surface area (Å²) in [6, 6.07) is 7.90. The van der Waals surface area contributed by atoms with E-state index in [1.807, 2.05) is 0 Å². The maximum atomic E-state index is 13.2. The topological polar surface area (TPSA) is 79.5 Å². The predicted octanol–water partition coefficient (Wildman–Crippen LogP) is 3.35. The number of halogens is 2. The van der Waals surface area contributed by atoms with Gasteiger partial charge in [0.15, 0.2) is 5.60 Å². The van der Waals surface area contributed by atoms with Crippen molar-refractivity contribution in [1.29, 1.82) is 0 Å². The normalized spacial score (nSPS) is 14.4. The van der Waals surface area contributed by atoms with E-state index in [1.54, 1.807) is 29.0 Å². The van der Waals surface area contributed by atoms with E-state index in [0.717, 1.165) is 18.2 Å². The van der Waals surface area contributed by atoms with E-state index in [9.17, 15) is 17.9 Å². The molecule has 9 heteroatoms. The van der Waals surface area contributed by atoms with Gasteiger partial charge in [0, 0.05) is 5.56 Å². The number of nitrogens with one attached hydrogen (secondary N) is 1. The van der Waals surface area contributed by atoms with Gasteiger partial charge in [0.25, 0.3) is 0 Å². The molecule has 132 valence electrons. The van der Waals surface area contributed by atoms with Crippen LogP contribution < -0.4 is 4.72 Å².